The lowest BCUT2D eigenvalue weighted by molar-refractivity contribution is -0.385. The van der Waals surface area contributed by atoms with Gasteiger partial charge in [0.05, 0.1) is 11.5 Å². The number of carbonyl (C=O) groups is 2. The van der Waals surface area contributed by atoms with Gasteiger partial charge in [0.2, 0.25) is 5.91 Å². The van der Waals surface area contributed by atoms with Crippen molar-refractivity contribution in [2.45, 2.75) is 45.4 Å². The molecular weight excluding hydrogens is 374 g/mol. The van der Waals surface area contributed by atoms with Crippen LogP contribution in [0.4, 0.5) is 5.69 Å². The topological polar surface area (TPSA) is 93.0 Å². The van der Waals surface area contributed by atoms with Gasteiger partial charge in [-0.15, -0.1) is 0 Å². The highest BCUT2D eigenvalue weighted by atomic mass is 16.6. The molecule has 1 aromatic carbocycles. The third kappa shape index (κ3) is 5.05. The Hall–Kier alpha value is -2.64. The van der Waals surface area contributed by atoms with Gasteiger partial charge in [0.1, 0.15) is 0 Å². The number of nitrogens with zero attached hydrogens (tertiary/aromatic N) is 3. The van der Waals surface area contributed by atoms with Crippen molar-refractivity contribution in [1.29, 1.82) is 0 Å². The average Bonchev–Trinajstić information content (AvgIpc) is 3.03. The van der Waals surface area contributed by atoms with Gasteiger partial charge in [-0.05, 0) is 44.7 Å². The van der Waals surface area contributed by atoms with Crippen molar-refractivity contribution >= 4 is 17.5 Å². The van der Waals surface area contributed by atoms with E-state index in [1.165, 1.54) is 25.0 Å². The molecule has 0 atom stereocenters. The zero-order chi connectivity index (χ0) is 20.8. The fourth-order valence-electron chi connectivity index (χ4n) is 4.13. The number of amides is 2. The minimum Gasteiger partial charge on any atom is -0.487 e. The van der Waals surface area contributed by atoms with Crippen LogP contribution in [0, 0.1) is 16.0 Å². The molecule has 2 heterocycles. The first-order valence-electron chi connectivity index (χ1n) is 10.5. The summed E-state index contributed by atoms with van der Waals surface area (Å²) in [7, 11) is 0. The highest BCUT2D eigenvalue weighted by molar-refractivity contribution is 5.95. The average molecular weight is 403 g/mol. The van der Waals surface area contributed by atoms with Crippen molar-refractivity contribution in [2.24, 2.45) is 5.92 Å². The molecule has 0 aliphatic carbocycles. The van der Waals surface area contributed by atoms with Crippen molar-refractivity contribution in [3.63, 3.8) is 0 Å². The molecule has 2 saturated heterocycles. The van der Waals surface area contributed by atoms with Gasteiger partial charge in [-0.1, -0.05) is 12.8 Å². The fraction of sp³-hybridized carbons (Fsp3) is 0.619. The number of carbonyl (C=O) groups excluding carboxylic acids is 2. The van der Waals surface area contributed by atoms with E-state index in [1.807, 2.05) is 4.90 Å². The first-order chi connectivity index (χ1) is 14.0. The van der Waals surface area contributed by atoms with E-state index in [9.17, 15) is 19.7 Å². The van der Waals surface area contributed by atoms with Crippen molar-refractivity contribution in [2.75, 3.05) is 32.8 Å². The molecule has 0 bridgehead atoms. The number of hydrogen-bond donors (Lipinski definition) is 0. The Morgan fingerprint density at radius 1 is 1.07 bits per heavy atom. The molecule has 2 aliphatic heterocycles. The normalized spacial score (nSPS) is 18.2. The minimum atomic E-state index is -0.534. The van der Waals surface area contributed by atoms with Crippen LogP contribution in [0.25, 0.3) is 0 Å². The predicted octanol–water partition coefficient (Wildman–Crippen LogP) is 3.25. The van der Waals surface area contributed by atoms with Crippen LogP contribution < -0.4 is 4.74 Å². The van der Waals surface area contributed by atoms with Crippen LogP contribution in [0.1, 0.15) is 55.8 Å². The van der Waals surface area contributed by atoms with E-state index in [2.05, 4.69) is 0 Å². The molecule has 0 saturated carbocycles. The van der Waals surface area contributed by atoms with Gasteiger partial charge >= 0.3 is 5.69 Å². The number of nitro groups is 1. The van der Waals surface area contributed by atoms with E-state index >= 15 is 0 Å². The third-order valence-electron chi connectivity index (χ3n) is 5.75. The molecule has 2 fully saturated rings. The van der Waals surface area contributed by atoms with Gasteiger partial charge in [-0.3, -0.25) is 19.7 Å². The molecule has 158 valence electrons. The molecule has 0 spiro atoms. The standard InChI is InChI=1S/C21H29N3O5/c1-2-29-19-8-7-17(15-18(19)24(27)28)21(26)23-13-9-16(10-14-23)20(25)22-11-5-3-4-6-12-22/h7-8,15-16H,2-6,9-14H2,1H3. The Morgan fingerprint density at radius 2 is 1.72 bits per heavy atom. The first-order valence-corrected chi connectivity index (χ1v) is 10.5. The lowest BCUT2D eigenvalue weighted by Gasteiger charge is -2.34. The maximum Gasteiger partial charge on any atom is 0.311 e. The zero-order valence-corrected chi connectivity index (χ0v) is 17.0. The molecule has 0 radical (unpaired) electrons. The molecule has 29 heavy (non-hydrogen) atoms. The van der Waals surface area contributed by atoms with Crippen LogP contribution in [-0.2, 0) is 4.79 Å². The van der Waals surface area contributed by atoms with E-state index in [4.69, 9.17) is 4.74 Å². The summed E-state index contributed by atoms with van der Waals surface area (Å²) in [6.07, 6.45) is 5.79. The number of hydrogen-bond acceptors (Lipinski definition) is 5. The van der Waals surface area contributed by atoms with Gasteiger partial charge in [0, 0.05) is 43.7 Å². The molecule has 3 rings (SSSR count). The van der Waals surface area contributed by atoms with Crippen LogP contribution >= 0.6 is 0 Å². The number of nitro benzene ring substituents is 1. The summed E-state index contributed by atoms with van der Waals surface area (Å²) >= 11 is 0. The van der Waals surface area contributed by atoms with Crippen LogP contribution in [0.15, 0.2) is 18.2 Å². The monoisotopic (exact) mass is 403 g/mol. The lowest BCUT2D eigenvalue weighted by atomic mass is 9.94. The number of benzene rings is 1. The highest BCUT2D eigenvalue weighted by Crippen LogP contribution is 2.29. The second-order valence-corrected chi connectivity index (χ2v) is 7.68. The quantitative estimate of drug-likeness (QED) is 0.556. The van der Waals surface area contributed by atoms with Crippen molar-refractivity contribution in [1.82, 2.24) is 9.80 Å². The van der Waals surface area contributed by atoms with Crippen molar-refractivity contribution in [3.05, 3.63) is 33.9 Å². The molecule has 8 nitrogen and oxygen atoms in total. The van der Waals surface area contributed by atoms with Crippen LogP contribution in [0.3, 0.4) is 0 Å². The van der Waals surface area contributed by atoms with Gasteiger partial charge < -0.3 is 14.5 Å². The largest absolute Gasteiger partial charge is 0.487 e. The number of piperidine rings is 1. The van der Waals surface area contributed by atoms with Crippen molar-refractivity contribution < 1.29 is 19.2 Å². The maximum atomic E-state index is 12.8. The molecule has 8 heteroatoms. The van der Waals surface area contributed by atoms with E-state index in [1.54, 1.807) is 17.9 Å². The first kappa shape index (κ1) is 21.1. The molecule has 2 aliphatic rings. The summed E-state index contributed by atoms with van der Waals surface area (Å²) in [5.41, 5.74) is 0.0707. The van der Waals surface area contributed by atoms with E-state index in [-0.39, 0.29) is 34.7 Å². The van der Waals surface area contributed by atoms with Crippen LogP contribution in [-0.4, -0.2) is 59.3 Å². The Labute approximate surface area is 171 Å². The highest BCUT2D eigenvalue weighted by Gasteiger charge is 2.31. The lowest BCUT2D eigenvalue weighted by Crippen LogP contribution is -2.44. The molecule has 0 aromatic heterocycles. The van der Waals surface area contributed by atoms with Gasteiger partial charge in [0.25, 0.3) is 5.91 Å². The van der Waals surface area contributed by atoms with Crippen LogP contribution in [0.2, 0.25) is 0 Å². The zero-order valence-electron chi connectivity index (χ0n) is 17.0. The number of ether oxygens (including phenoxy) is 1. The SMILES string of the molecule is CCOc1ccc(C(=O)N2CCC(C(=O)N3CCCCCC3)CC2)cc1[N+](=O)[O-]. The number of likely N-dealkylation sites (tertiary alicyclic amines) is 2. The van der Waals surface area contributed by atoms with Crippen molar-refractivity contribution in [3.8, 4) is 5.75 Å². The molecular formula is C21H29N3O5. The van der Waals surface area contributed by atoms with Gasteiger partial charge in [-0.25, -0.2) is 0 Å². The van der Waals surface area contributed by atoms with Gasteiger partial charge in [0.15, 0.2) is 5.75 Å². The second-order valence-electron chi connectivity index (χ2n) is 7.68. The molecule has 0 unspecified atom stereocenters. The Balaban J connectivity index is 1.61. The maximum absolute atomic E-state index is 12.8. The summed E-state index contributed by atoms with van der Waals surface area (Å²) in [6, 6.07) is 4.32. The van der Waals surface area contributed by atoms with E-state index < -0.39 is 4.92 Å². The Morgan fingerprint density at radius 3 is 2.31 bits per heavy atom. The van der Waals surface area contributed by atoms with E-state index in [0.29, 0.717) is 32.5 Å². The minimum absolute atomic E-state index is 0.0354. The predicted molar refractivity (Wildman–Crippen MR) is 108 cm³/mol. The summed E-state index contributed by atoms with van der Waals surface area (Å²) < 4.78 is 5.28. The Bertz CT molecular complexity index is 751. The molecule has 1 aromatic rings. The summed E-state index contributed by atoms with van der Waals surface area (Å²) in [5.74, 6) is 0.107. The smallest absolute Gasteiger partial charge is 0.311 e. The number of rotatable bonds is 5. The second kappa shape index (κ2) is 9.71. The Kier molecular flexibility index (Phi) is 7.06. The molecule has 2 amide bonds. The third-order valence-corrected chi connectivity index (χ3v) is 5.75. The fourth-order valence-corrected chi connectivity index (χ4v) is 4.13. The summed E-state index contributed by atoms with van der Waals surface area (Å²) in [5, 5.41) is 11.3. The molecule has 0 N–H and O–H groups in total. The summed E-state index contributed by atoms with van der Waals surface area (Å²) in [6.45, 7) is 4.72. The van der Waals surface area contributed by atoms with E-state index in [0.717, 1.165) is 25.9 Å². The summed E-state index contributed by atoms with van der Waals surface area (Å²) in [4.78, 5) is 40.1. The van der Waals surface area contributed by atoms with Gasteiger partial charge in [-0.2, -0.15) is 0 Å². The van der Waals surface area contributed by atoms with Crippen LogP contribution in [0.5, 0.6) is 5.75 Å².